The first kappa shape index (κ1) is 14.9. The van der Waals surface area contributed by atoms with Gasteiger partial charge in [-0.2, -0.15) is 0 Å². The highest BCUT2D eigenvalue weighted by atomic mass is 35.5. The lowest BCUT2D eigenvalue weighted by Gasteiger charge is -2.29. The summed E-state index contributed by atoms with van der Waals surface area (Å²) in [6.07, 6.45) is 5.28. The zero-order valence-corrected chi connectivity index (χ0v) is 10.6. The average Bonchev–Trinajstić information content (AvgIpc) is 2.19. The Bertz CT molecular complexity index is 348. The fourth-order valence-corrected chi connectivity index (χ4v) is 1.95. The average molecular weight is 238 g/mol. The highest BCUT2D eigenvalue weighted by molar-refractivity contribution is 5.85. The highest BCUT2D eigenvalue weighted by Crippen LogP contribution is 2.29. The molecule has 0 saturated carbocycles. The highest BCUT2D eigenvalue weighted by Gasteiger charge is 2.25. The van der Waals surface area contributed by atoms with E-state index in [-0.39, 0.29) is 17.9 Å². The number of halogens is 1. The third kappa shape index (κ3) is 3.22. The van der Waals surface area contributed by atoms with E-state index >= 15 is 0 Å². The van der Waals surface area contributed by atoms with Crippen molar-refractivity contribution in [3.8, 4) is 0 Å². The molecule has 0 heterocycles. The van der Waals surface area contributed by atoms with Crippen molar-refractivity contribution in [1.29, 1.82) is 0 Å². The van der Waals surface area contributed by atoms with Crippen molar-refractivity contribution in [3.05, 3.63) is 60.7 Å². The van der Waals surface area contributed by atoms with Crippen LogP contribution in [0.5, 0.6) is 0 Å². The van der Waals surface area contributed by atoms with Crippen LogP contribution in [0.1, 0.15) is 24.0 Å². The molecule has 0 aliphatic carbocycles. The van der Waals surface area contributed by atoms with Crippen LogP contribution in [0.2, 0.25) is 0 Å². The number of hydrogen-bond acceptors (Lipinski definition) is 1. The second-order valence-electron chi connectivity index (χ2n) is 3.96. The van der Waals surface area contributed by atoms with Crippen molar-refractivity contribution >= 4 is 12.4 Å². The maximum Gasteiger partial charge on any atom is 0.0481 e. The van der Waals surface area contributed by atoms with Gasteiger partial charge >= 0.3 is 0 Å². The number of aryl methyl sites for hydroxylation is 1. The molecule has 88 valence electrons. The summed E-state index contributed by atoms with van der Waals surface area (Å²) < 4.78 is 0. The molecule has 0 fully saturated rings. The van der Waals surface area contributed by atoms with Gasteiger partial charge in [-0.15, -0.1) is 25.6 Å². The molecule has 2 N–H and O–H groups in total. The van der Waals surface area contributed by atoms with Crippen molar-refractivity contribution < 1.29 is 0 Å². The number of hydrogen-bond donors (Lipinski definition) is 1. The van der Waals surface area contributed by atoms with E-state index in [2.05, 4.69) is 32.2 Å². The van der Waals surface area contributed by atoms with Crippen LogP contribution in [0.4, 0.5) is 0 Å². The molecule has 0 radical (unpaired) electrons. The van der Waals surface area contributed by atoms with Gasteiger partial charge in [0.2, 0.25) is 0 Å². The minimum atomic E-state index is -0.352. The van der Waals surface area contributed by atoms with Crippen molar-refractivity contribution in [2.24, 2.45) is 5.73 Å². The third-order valence-electron chi connectivity index (χ3n) is 2.70. The molecule has 0 aliphatic heterocycles. The second-order valence-corrected chi connectivity index (χ2v) is 3.96. The van der Waals surface area contributed by atoms with E-state index in [9.17, 15) is 0 Å². The Morgan fingerprint density at radius 3 is 2.12 bits per heavy atom. The Morgan fingerprint density at radius 1 is 1.19 bits per heavy atom. The summed E-state index contributed by atoms with van der Waals surface area (Å²) in [7, 11) is 0. The van der Waals surface area contributed by atoms with Gasteiger partial charge in [-0.3, -0.25) is 0 Å². The van der Waals surface area contributed by atoms with E-state index < -0.39 is 0 Å². The van der Waals surface area contributed by atoms with Gasteiger partial charge < -0.3 is 5.73 Å². The molecule has 1 rings (SSSR count). The summed E-state index contributed by atoms with van der Waals surface area (Å²) in [5, 5.41) is 0. The topological polar surface area (TPSA) is 26.0 Å². The summed E-state index contributed by atoms with van der Waals surface area (Å²) in [4.78, 5) is 0. The van der Waals surface area contributed by atoms with Crippen molar-refractivity contribution in [1.82, 2.24) is 0 Å². The van der Waals surface area contributed by atoms with E-state index in [1.807, 2.05) is 24.3 Å². The summed E-state index contributed by atoms with van der Waals surface area (Å²) in [5.41, 5.74) is 8.46. The molecule has 1 aromatic carbocycles. The molecule has 0 spiro atoms. The van der Waals surface area contributed by atoms with Gasteiger partial charge in [-0.25, -0.2) is 0 Å². The van der Waals surface area contributed by atoms with Gasteiger partial charge in [0.15, 0.2) is 0 Å². The van der Waals surface area contributed by atoms with Gasteiger partial charge in [0.25, 0.3) is 0 Å². The van der Waals surface area contributed by atoms with Crippen molar-refractivity contribution in [3.63, 3.8) is 0 Å². The first-order valence-corrected chi connectivity index (χ1v) is 5.21. The van der Waals surface area contributed by atoms with Crippen LogP contribution in [0, 0.1) is 6.92 Å². The lowest BCUT2D eigenvalue weighted by Crippen LogP contribution is -2.36. The Hall–Kier alpha value is -1.05. The minimum Gasteiger partial charge on any atom is -0.321 e. The lowest BCUT2D eigenvalue weighted by atomic mass is 9.82. The maximum atomic E-state index is 6.40. The molecule has 2 heteroatoms. The van der Waals surface area contributed by atoms with Crippen LogP contribution in [-0.2, 0) is 5.54 Å². The van der Waals surface area contributed by atoms with Gasteiger partial charge in [-0.1, -0.05) is 36.4 Å². The molecule has 1 nitrogen and oxygen atoms in total. The van der Waals surface area contributed by atoms with E-state index in [4.69, 9.17) is 5.73 Å². The zero-order chi connectivity index (χ0) is 11.3. The SMILES string of the molecule is C=CCC(N)(CC=C)c1ccccc1C.Cl. The van der Waals surface area contributed by atoms with Crippen LogP contribution in [0.15, 0.2) is 49.6 Å². The molecule has 0 atom stereocenters. The third-order valence-corrected chi connectivity index (χ3v) is 2.70. The predicted octanol–water partition coefficient (Wildman–Crippen LogP) is 3.72. The normalized spacial score (nSPS) is 10.4. The molecule has 0 unspecified atom stereocenters. The van der Waals surface area contributed by atoms with Gasteiger partial charge in [0.05, 0.1) is 0 Å². The first-order chi connectivity index (χ1) is 7.14. The molecular formula is C14H20ClN. The van der Waals surface area contributed by atoms with Crippen LogP contribution >= 0.6 is 12.4 Å². The smallest absolute Gasteiger partial charge is 0.0481 e. The minimum absolute atomic E-state index is 0. The van der Waals surface area contributed by atoms with E-state index in [0.29, 0.717) is 0 Å². The fraction of sp³-hybridized carbons (Fsp3) is 0.286. The Balaban J connectivity index is 0.00000225. The Labute approximate surface area is 104 Å². The monoisotopic (exact) mass is 237 g/mol. The zero-order valence-electron chi connectivity index (χ0n) is 9.78. The van der Waals surface area contributed by atoms with Gasteiger partial charge in [0.1, 0.15) is 0 Å². The number of rotatable bonds is 5. The number of benzene rings is 1. The quantitative estimate of drug-likeness (QED) is 0.776. The predicted molar refractivity (Wildman–Crippen MR) is 73.9 cm³/mol. The van der Waals surface area contributed by atoms with Crippen molar-refractivity contribution in [2.75, 3.05) is 0 Å². The number of nitrogens with two attached hydrogens (primary N) is 1. The second kappa shape index (κ2) is 6.51. The largest absolute Gasteiger partial charge is 0.321 e. The van der Waals surface area contributed by atoms with E-state index in [1.54, 1.807) is 0 Å². The molecule has 0 bridgehead atoms. The Kier molecular flexibility index (Phi) is 6.09. The first-order valence-electron chi connectivity index (χ1n) is 5.21. The van der Waals surface area contributed by atoms with Crippen LogP contribution in [0.3, 0.4) is 0 Å². The molecule has 0 aromatic heterocycles. The van der Waals surface area contributed by atoms with E-state index in [0.717, 1.165) is 12.8 Å². The van der Waals surface area contributed by atoms with Crippen LogP contribution in [-0.4, -0.2) is 0 Å². The molecule has 16 heavy (non-hydrogen) atoms. The molecule has 0 aliphatic rings. The molecule has 0 amide bonds. The molecule has 1 aromatic rings. The summed E-state index contributed by atoms with van der Waals surface area (Å²) in [5.74, 6) is 0. The van der Waals surface area contributed by atoms with E-state index in [1.165, 1.54) is 11.1 Å². The van der Waals surface area contributed by atoms with Gasteiger partial charge in [0, 0.05) is 5.54 Å². The van der Waals surface area contributed by atoms with Crippen LogP contribution < -0.4 is 5.73 Å². The van der Waals surface area contributed by atoms with Crippen LogP contribution in [0.25, 0.3) is 0 Å². The molecule has 0 saturated heterocycles. The summed E-state index contributed by atoms with van der Waals surface area (Å²) in [6.45, 7) is 9.62. The van der Waals surface area contributed by atoms with Crippen molar-refractivity contribution in [2.45, 2.75) is 25.3 Å². The fourth-order valence-electron chi connectivity index (χ4n) is 1.95. The Morgan fingerprint density at radius 2 is 1.69 bits per heavy atom. The summed E-state index contributed by atoms with van der Waals surface area (Å²) >= 11 is 0. The maximum absolute atomic E-state index is 6.40. The summed E-state index contributed by atoms with van der Waals surface area (Å²) in [6, 6.07) is 8.22. The van der Waals surface area contributed by atoms with Gasteiger partial charge in [-0.05, 0) is 30.9 Å². The lowest BCUT2D eigenvalue weighted by molar-refractivity contribution is 0.454. The standard InChI is InChI=1S/C14H19N.ClH/c1-4-10-14(15,11-5-2)13-9-7-6-8-12(13)3;/h4-9H,1-2,10-11,15H2,3H3;1H. The molecular weight excluding hydrogens is 218 g/mol.